The maximum atomic E-state index is 12.0. The highest BCUT2D eigenvalue weighted by atomic mass is 35.5. The molecule has 7 heteroatoms. The summed E-state index contributed by atoms with van der Waals surface area (Å²) >= 11 is 0. The molecular weight excluding hydrogens is 275 g/mol. The van der Waals surface area contributed by atoms with Gasteiger partial charge in [0.05, 0.1) is 6.42 Å². The zero-order valence-corrected chi connectivity index (χ0v) is 12.0. The van der Waals surface area contributed by atoms with Gasteiger partial charge in [0, 0.05) is 31.0 Å². The molecule has 2 rings (SSSR count). The van der Waals surface area contributed by atoms with Crippen LogP contribution in [0.1, 0.15) is 18.5 Å². The molecule has 1 unspecified atom stereocenters. The summed E-state index contributed by atoms with van der Waals surface area (Å²) in [5, 5.41) is 9.90. The highest BCUT2D eigenvalue weighted by Gasteiger charge is 2.22. The first-order valence-electron chi connectivity index (χ1n) is 5.73. The summed E-state index contributed by atoms with van der Waals surface area (Å²) in [6.07, 6.45) is 4.34. The number of likely N-dealkylation sites (tertiary alicyclic amines) is 1. The molecule has 1 atom stereocenters. The molecule has 0 saturated carbocycles. The van der Waals surface area contributed by atoms with Crippen LogP contribution in [0.4, 0.5) is 0 Å². The fraction of sp³-hybridized carbons (Fsp3) is 0.636. The third-order valence-corrected chi connectivity index (χ3v) is 3.08. The maximum absolute atomic E-state index is 12.0. The largest absolute Gasteiger partial charge is 0.341 e. The Balaban J connectivity index is 0.00000144. The second kappa shape index (κ2) is 8.34. The summed E-state index contributed by atoms with van der Waals surface area (Å²) in [7, 11) is 1.95. The molecule has 1 saturated heterocycles. The molecule has 18 heavy (non-hydrogen) atoms. The van der Waals surface area contributed by atoms with Crippen molar-refractivity contribution in [3.05, 3.63) is 18.0 Å². The van der Waals surface area contributed by atoms with Gasteiger partial charge >= 0.3 is 0 Å². The van der Waals surface area contributed by atoms with E-state index in [4.69, 9.17) is 0 Å². The topological polar surface area (TPSA) is 61.0 Å². The number of rotatable bonds is 3. The quantitative estimate of drug-likeness (QED) is 0.875. The van der Waals surface area contributed by atoms with Gasteiger partial charge in [-0.1, -0.05) is 0 Å². The number of amides is 1. The number of hydrogen-bond donors (Lipinski definition) is 2. The Hall–Kier alpha value is -0.780. The van der Waals surface area contributed by atoms with E-state index in [1.807, 2.05) is 18.0 Å². The summed E-state index contributed by atoms with van der Waals surface area (Å²) in [5.74, 6) is 0.184. The lowest BCUT2D eigenvalue weighted by molar-refractivity contribution is -0.131. The van der Waals surface area contributed by atoms with Gasteiger partial charge in [-0.15, -0.1) is 24.8 Å². The molecule has 1 aliphatic rings. The number of halogens is 2. The molecule has 1 aromatic heterocycles. The highest BCUT2D eigenvalue weighted by molar-refractivity contribution is 5.85. The number of H-pyrrole nitrogens is 1. The first-order chi connectivity index (χ1) is 7.79. The molecular formula is C11H20Cl2N4O. The van der Waals surface area contributed by atoms with Crippen molar-refractivity contribution in [3.63, 3.8) is 0 Å². The molecule has 0 spiro atoms. The monoisotopic (exact) mass is 294 g/mol. The van der Waals surface area contributed by atoms with Crippen molar-refractivity contribution in [2.24, 2.45) is 0 Å². The number of aromatic nitrogens is 2. The first kappa shape index (κ1) is 17.2. The molecule has 1 aromatic rings. The smallest absolute Gasteiger partial charge is 0.228 e. The van der Waals surface area contributed by atoms with Crippen LogP contribution in [0, 0.1) is 0 Å². The second-order valence-electron chi connectivity index (χ2n) is 4.23. The molecule has 5 nitrogen and oxygen atoms in total. The Kier molecular flexibility index (Phi) is 7.98. The fourth-order valence-corrected chi connectivity index (χ4v) is 2.10. The van der Waals surface area contributed by atoms with E-state index in [-0.39, 0.29) is 30.7 Å². The van der Waals surface area contributed by atoms with Crippen molar-refractivity contribution in [3.8, 4) is 0 Å². The SMILES string of the molecule is CNC1CCCN(C(=O)Cc2ccn[nH]2)C1.Cl.Cl. The van der Waals surface area contributed by atoms with Crippen LogP contribution >= 0.6 is 24.8 Å². The molecule has 0 bridgehead atoms. The van der Waals surface area contributed by atoms with Gasteiger partial charge in [0.25, 0.3) is 0 Å². The number of aromatic amines is 1. The Labute approximate surface area is 120 Å². The van der Waals surface area contributed by atoms with Crippen molar-refractivity contribution in [1.29, 1.82) is 0 Å². The van der Waals surface area contributed by atoms with Crippen molar-refractivity contribution in [2.45, 2.75) is 25.3 Å². The van der Waals surface area contributed by atoms with E-state index in [1.54, 1.807) is 6.20 Å². The number of likely N-dealkylation sites (N-methyl/N-ethyl adjacent to an activating group) is 1. The number of piperidine rings is 1. The van der Waals surface area contributed by atoms with E-state index < -0.39 is 0 Å². The molecule has 2 N–H and O–H groups in total. The van der Waals surface area contributed by atoms with Crippen LogP contribution in [0.15, 0.2) is 12.3 Å². The number of nitrogens with zero attached hydrogens (tertiary/aromatic N) is 2. The van der Waals surface area contributed by atoms with Gasteiger partial charge in [-0.05, 0) is 26.0 Å². The van der Waals surface area contributed by atoms with E-state index in [1.165, 1.54) is 0 Å². The zero-order chi connectivity index (χ0) is 11.4. The lowest BCUT2D eigenvalue weighted by Crippen LogP contribution is -2.47. The Morgan fingerprint density at radius 3 is 3.00 bits per heavy atom. The van der Waals surface area contributed by atoms with Gasteiger partial charge in [-0.2, -0.15) is 5.10 Å². The molecule has 0 aromatic carbocycles. The van der Waals surface area contributed by atoms with Crippen LogP contribution in [0.2, 0.25) is 0 Å². The average molecular weight is 295 g/mol. The standard InChI is InChI=1S/C11H18N4O.2ClH/c1-12-10-3-2-6-15(8-10)11(16)7-9-4-5-13-14-9;;/h4-5,10,12H,2-3,6-8H2,1H3,(H,13,14);2*1H. The predicted molar refractivity (Wildman–Crippen MR) is 75.4 cm³/mol. The van der Waals surface area contributed by atoms with Crippen LogP contribution in [-0.2, 0) is 11.2 Å². The lowest BCUT2D eigenvalue weighted by atomic mass is 10.1. The van der Waals surface area contributed by atoms with Crippen LogP contribution in [0.5, 0.6) is 0 Å². The van der Waals surface area contributed by atoms with E-state index in [0.717, 1.165) is 31.6 Å². The van der Waals surface area contributed by atoms with Crippen LogP contribution < -0.4 is 5.32 Å². The van der Waals surface area contributed by atoms with Crippen LogP contribution in [0.3, 0.4) is 0 Å². The van der Waals surface area contributed by atoms with Crippen molar-refractivity contribution in [2.75, 3.05) is 20.1 Å². The normalized spacial score (nSPS) is 18.7. The summed E-state index contributed by atoms with van der Waals surface area (Å²) < 4.78 is 0. The lowest BCUT2D eigenvalue weighted by Gasteiger charge is -2.32. The second-order valence-corrected chi connectivity index (χ2v) is 4.23. The van der Waals surface area contributed by atoms with E-state index in [9.17, 15) is 4.79 Å². The Bertz CT molecular complexity index is 345. The van der Waals surface area contributed by atoms with Gasteiger partial charge < -0.3 is 10.2 Å². The summed E-state index contributed by atoms with van der Waals surface area (Å²) in [5.41, 5.74) is 0.886. The number of nitrogens with one attached hydrogen (secondary N) is 2. The average Bonchev–Trinajstić information content (AvgIpc) is 2.82. The minimum absolute atomic E-state index is 0. The highest BCUT2D eigenvalue weighted by Crippen LogP contribution is 2.11. The summed E-state index contributed by atoms with van der Waals surface area (Å²) in [6.45, 7) is 1.70. The Morgan fingerprint density at radius 2 is 2.39 bits per heavy atom. The molecule has 1 amide bonds. The fourth-order valence-electron chi connectivity index (χ4n) is 2.10. The van der Waals surface area contributed by atoms with Gasteiger partial charge in [0.1, 0.15) is 0 Å². The van der Waals surface area contributed by atoms with E-state index in [0.29, 0.717) is 12.5 Å². The molecule has 1 fully saturated rings. The summed E-state index contributed by atoms with van der Waals surface area (Å²) in [6, 6.07) is 2.29. The van der Waals surface area contributed by atoms with Gasteiger partial charge in [-0.3, -0.25) is 9.89 Å². The van der Waals surface area contributed by atoms with Crippen LogP contribution in [0.25, 0.3) is 0 Å². The Morgan fingerprint density at radius 1 is 1.61 bits per heavy atom. The van der Waals surface area contributed by atoms with Gasteiger partial charge in [0.2, 0.25) is 5.91 Å². The number of carbonyl (C=O) groups is 1. The van der Waals surface area contributed by atoms with Gasteiger partial charge in [0.15, 0.2) is 0 Å². The minimum Gasteiger partial charge on any atom is -0.341 e. The number of carbonyl (C=O) groups excluding carboxylic acids is 1. The van der Waals surface area contributed by atoms with Gasteiger partial charge in [-0.25, -0.2) is 0 Å². The third-order valence-electron chi connectivity index (χ3n) is 3.08. The minimum atomic E-state index is 0. The molecule has 0 radical (unpaired) electrons. The molecule has 1 aliphatic heterocycles. The van der Waals surface area contributed by atoms with Crippen molar-refractivity contribution < 1.29 is 4.79 Å². The van der Waals surface area contributed by atoms with Crippen LogP contribution in [-0.4, -0.2) is 47.2 Å². The molecule has 104 valence electrons. The molecule has 0 aliphatic carbocycles. The van der Waals surface area contributed by atoms with Crippen molar-refractivity contribution in [1.82, 2.24) is 20.4 Å². The van der Waals surface area contributed by atoms with E-state index in [2.05, 4.69) is 15.5 Å². The predicted octanol–water partition coefficient (Wildman–Crippen LogP) is 1.01. The third kappa shape index (κ3) is 4.48. The number of hydrogen-bond acceptors (Lipinski definition) is 3. The first-order valence-corrected chi connectivity index (χ1v) is 5.73. The summed E-state index contributed by atoms with van der Waals surface area (Å²) in [4.78, 5) is 13.9. The molecule has 2 heterocycles. The van der Waals surface area contributed by atoms with Crippen molar-refractivity contribution >= 4 is 30.7 Å². The zero-order valence-electron chi connectivity index (χ0n) is 10.4. The maximum Gasteiger partial charge on any atom is 0.228 e. The van der Waals surface area contributed by atoms with E-state index >= 15 is 0 Å².